The molecule has 3 rings (SSSR count). The van der Waals surface area contributed by atoms with E-state index < -0.39 is 6.09 Å². The third kappa shape index (κ3) is 2.50. The maximum absolute atomic E-state index is 11.0. The number of carbonyl (C=O) groups is 1. The molecule has 0 bridgehead atoms. The zero-order valence-corrected chi connectivity index (χ0v) is 11.1. The van der Waals surface area contributed by atoms with Gasteiger partial charge >= 0.3 is 6.09 Å². The first-order valence-electron chi connectivity index (χ1n) is 6.13. The van der Waals surface area contributed by atoms with E-state index in [0.29, 0.717) is 29.0 Å². The van der Waals surface area contributed by atoms with Crippen LogP contribution in [0.25, 0.3) is 0 Å². The lowest BCUT2D eigenvalue weighted by Crippen LogP contribution is -2.27. The number of anilines is 2. The number of nitrogens with zero attached hydrogens (tertiary/aromatic N) is 3. The normalized spacial score (nSPS) is 12.5. The van der Waals surface area contributed by atoms with Crippen LogP contribution < -0.4 is 19.7 Å². The number of fused-ring (bicyclic) bond motifs is 1. The summed E-state index contributed by atoms with van der Waals surface area (Å²) < 4.78 is 10.9. The third-order valence-corrected chi connectivity index (χ3v) is 2.88. The first-order chi connectivity index (χ1) is 10.2. The van der Waals surface area contributed by atoms with Crippen molar-refractivity contribution < 1.29 is 19.4 Å². The minimum Gasteiger partial charge on any atom is -0.470 e. The fourth-order valence-electron chi connectivity index (χ4n) is 1.90. The molecule has 0 radical (unpaired) electrons. The van der Waals surface area contributed by atoms with E-state index in [1.54, 1.807) is 37.5 Å². The summed E-state index contributed by atoms with van der Waals surface area (Å²) in [4.78, 5) is 20.2. The lowest BCUT2D eigenvalue weighted by atomic mass is 10.2. The second-order valence-corrected chi connectivity index (χ2v) is 4.18. The molecular formula is C13H12N4O4. The molecule has 0 aliphatic carbocycles. The number of hydrogen-bond donors (Lipinski definition) is 2. The standard InChI is InChI=1S/C13H12N4O4/c1-14-12-15-5-4-11(16-12)21-8-2-3-9-10(6-8)20-7-17(9)13(18)19/h2-6H,7H2,1H3,(H,18,19)(H,14,15,16). The zero-order chi connectivity index (χ0) is 14.8. The smallest absolute Gasteiger partial charge is 0.414 e. The van der Waals surface area contributed by atoms with Gasteiger partial charge in [0.1, 0.15) is 11.5 Å². The van der Waals surface area contributed by atoms with E-state index in [0.717, 1.165) is 4.90 Å². The van der Waals surface area contributed by atoms with Crippen molar-refractivity contribution in [2.45, 2.75) is 0 Å². The van der Waals surface area contributed by atoms with Crippen LogP contribution in [0.3, 0.4) is 0 Å². The van der Waals surface area contributed by atoms with Gasteiger partial charge in [0.2, 0.25) is 11.8 Å². The molecule has 1 aliphatic heterocycles. The van der Waals surface area contributed by atoms with Crippen LogP contribution in [-0.2, 0) is 0 Å². The molecule has 2 aromatic rings. The van der Waals surface area contributed by atoms with Crippen molar-refractivity contribution in [3.8, 4) is 17.4 Å². The van der Waals surface area contributed by atoms with Gasteiger partial charge in [-0.3, -0.25) is 0 Å². The molecule has 1 amide bonds. The number of ether oxygens (including phenoxy) is 2. The Hall–Kier alpha value is -3.03. The number of carboxylic acid groups (broad SMARTS) is 1. The molecule has 0 unspecified atom stereocenters. The summed E-state index contributed by atoms with van der Waals surface area (Å²) in [5, 5.41) is 11.8. The summed E-state index contributed by atoms with van der Waals surface area (Å²) in [7, 11) is 1.71. The fraction of sp³-hybridized carbons (Fsp3) is 0.154. The van der Waals surface area contributed by atoms with Crippen LogP contribution in [0.5, 0.6) is 17.4 Å². The molecule has 0 saturated carbocycles. The SMILES string of the molecule is CNc1nccc(Oc2ccc3c(c2)OCN3C(=O)O)n1. The predicted octanol–water partition coefficient (Wildman–Crippen LogP) is 2.14. The highest BCUT2D eigenvalue weighted by Crippen LogP contribution is 2.37. The molecule has 2 N–H and O–H groups in total. The van der Waals surface area contributed by atoms with Crippen molar-refractivity contribution in [2.24, 2.45) is 0 Å². The Balaban J connectivity index is 1.83. The van der Waals surface area contributed by atoms with Gasteiger partial charge in [0.15, 0.2) is 6.73 Å². The van der Waals surface area contributed by atoms with Crippen LogP contribution >= 0.6 is 0 Å². The van der Waals surface area contributed by atoms with E-state index in [1.807, 2.05) is 0 Å². The third-order valence-electron chi connectivity index (χ3n) is 2.88. The number of rotatable bonds is 3. The monoisotopic (exact) mass is 288 g/mol. The maximum atomic E-state index is 11.0. The van der Waals surface area contributed by atoms with Crippen LogP contribution in [0.4, 0.5) is 16.4 Å². The molecule has 0 saturated heterocycles. The van der Waals surface area contributed by atoms with Crippen LogP contribution in [0.15, 0.2) is 30.5 Å². The molecule has 0 atom stereocenters. The average molecular weight is 288 g/mol. The van der Waals surface area contributed by atoms with Crippen molar-refractivity contribution in [3.63, 3.8) is 0 Å². The predicted molar refractivity (Wildman–Crippen MR) is 74.1 cm³/mol. The van der Waals surface area contributed by atoms with Gasteiger partial charge in [-0.25, -0.2) is 14.7 Å². The summed E-state index contributed by atoms with van der Waals surface area (Å²) in [5.41, 5.74) is 0.494. The lowest BCUT2D eigenvalue weighted by molar-refractivity contribution is 0.197. The summed E-state index contributed by atoms with van der Waals surface area (Å²) in [6.07, 6.45) is 0.515. The molecule has 8 nitrogen and oxygen atoms in total. The number of benzene rings is 1. The number of nitrogens with one attached hydrogen (secondary N) is 1. The van der Waals surface area contributed by atoms with Crippen LogP contribution in [0, 0.1) is 0 Å². The van der Waals surface area contributed by atoms with Gasteiger partial charge in [-0.1, -0.05) is 0 Å². The average Bonchev–Trinajstić information content (AvgIpc) is 2.90. The molecule has 21 heavy (non-hydrogen) atoms. The fourth-order valence-corrected chi connectivity index (χ4v) is 1.90. The highest BCUT2D eigenvalue weighted by molar-refractivity contribution is 5.89. The molecular weight excluding hydrogens is 276 g/mol. The summed E-state index contributed by atoms with van der Waals surface area (Å²) in [5.74, 6) is 1.78. The van der Waals surface area contributed by atoms with Gasteiger partial charge in [-0.05, 0) is 12.1 Å². The lowest BCUT2D eigenvalue weighted by Gasteiger charge is -2.09. The van der Waals surface area contributed by atoms with Crippen molar-refractivity contribution >= 4 is 17.7 Å². The van der Waals surface area contributed by atoms with Crippen molar-refractivity contribution in [1.29, 1.82) is 0 Å². The van der Waals surface area contributed by atoms with Gasteiger partial charge in [-0.15, -0.1) is 0 Å². The first-order valence-corrected chi connectivity index (χ1v) is 6.13. The Morgan fingerprint density at radius 3 is 3.10 bits per heavy atom. The number of hydrogen-bond acceptors (Lipinski definition) is 6. The van der Waals surface area contributed by atoms with Gasteiger partial charge in [0.25, 0.3) is 0 Å². The van der Waals surface area contributed by atoms with Crippen molar-refractivity contribution in [3.05, 3.63) is 30.5 Å². The van der Waals surface area contributed by atoms with E-state index >= 15 is 0 Å². The Labute approximate surface area is 120 Å². The van der Waals surface area contributed by atoms with Crippen molar-refractivity contribution in [2.75, 3.05) is 24.0 Å². The van der Waals surface area contributed by atoms with Crippen molar-refractivity contribution in [1.82, 2.24) is 9.97 Å². The molecule has 108 valence electrons. The van der Waals surface area contributed by atoms with Gasteiger partial charge in [0, 0.05) is 25.4 Å². The number of amides is 1. The summed E-state index contributed by atoms with van der Waals surface area (Å²) in [6, 6.07) is 6.54. The van der Waals surface area contributed by atoms with Crippen LogP contribution in [0.1, 0.15) is 0 Å². The zero-order valence-electron chi connectivity index (χ0n) is 11.1. The van der Waals surface area contributed by atoms with Gasteiger partial charge in [0.05, 0.1) is 5.69 Å². The molecule has 0 spiro atoms. The van der Waals surface area contributed by atoms with E-state index in [4.69, 9.17) is 14.6 Å². The van der Waals surface area contributed by atoms with Gasteiger partial charge < -0.3 is 19.9 Å². The topological polar surface area (TPSA) is 96.8 Å². The summed E-state index contributed by atoms with van der Waals surface area (Å²) >= 11 is 0. The molecule has 8 heteroatoms. The Morgan fingerprint density at radius 2 is 2.33 bits per heavy atom. The maximum Gasteiger partial charge on any atom is 0.414 e. The molecule has 0 fully saturated rings. The molecule has 1 aliphatic rings. The number of aromatic nitrogens is 2. The Kier molecular flexibility index (Phi) is 3.19. The minimum atomic E-state index is -1.06. The van der Waals surface area contributed by atoms with Crippen LogP contribution in [0.2, 0.25) is 0 Å². The van der Waals surface area contributed by atoms with Gasteiger partial charge in [-0.2, -0.15) is 4.98 Å². The van der Waals surface area contributed by atoms with E-state index in [1.165, 1.54) is 0 Å². The Bertz CT molecular complexity index is 692. The highest BCUT2D eigenvalue weighted by Gasteiger charge is 2.26. The first kappa shape index (κ1) is 13.0. The van der Waals surface area contributed by atoms with E-state index in [2.05, 4.69) is 15.3 Å². The summed E-state index contributed by atoms with van der Waals surface area (Å²) in [6.45, 7) is -0.0223. The van der Waals surface area contributed by atoms with E-state index in [-0.39, 0.29) is 6.73 Å². The van der Waals surface area contributed by atoms with E-state index in [9.17, 15) is 4.79 Å². The highest BCUT2D eigenvalue weighted by atomic mass is 16.5. The molecule has 1 aromatic carbocycles. The van der Waals surface area contributed by atoms with Crippen LogP contribution in [-0.4, -0.2) is 34.9 Å². The minimum absolute atomic E-state index is 0.0223. The molecule has 2 heterocycles. The quantitative estimate of drug-likeness (QED) is 0.893. The Morgan fingerprint density at radius 1 is 1.48 bits per heavy atom. The second kappa shape index (κ2) is 5.16. The second-order valence-electron chi connectivity index (χ2n) is 4.18. The largest absolute Gasteiger partial charge is 0.470 e. The molecule has 1 aromatic heterocycles.